The van der Waals surface area contributed by atoms with E-state index in [0.717, 1.165) is 11.3 Å². The number of carbonyl (C=O) groups is 2. The summed E-state index contributed by atoms with van der Waals surface area (Å²) in [7, 11) is 3.13. The van der Waals surface area contributed by atoms with Crippen LogP contribution in [0.1, 0.15) is 35.7 Å². The number of nitrogens with zero attached hydrogens (tertiary/aromatic N) is 2. The molecular weight excluding hydrogens is 308 g/mol. The minimum Gasteiger partial charge on any atom is -0.479 e. The number of ether oxygens (including phenoxy) is 1. The number of aryl methyl sites for hydroxylation is 1. The molecule has 0 aliphatic rings. The van der Waals surface area contributed by atoms with Gasteiger partial charge in [0.2, 0.25) is 11.8 Å². The Morgan fingerprint density at radius 3 is 2.67 bits per heavy atom. The Labute approximate surface area is 141 Å². The van der Waals surface area contributed by atoms with Gasteiger partial charge in [-0.2, -0.15) is 0 Å². The number of amides is 2. The third-order valence-electron chi connectivity index (χ3n) is 3.50. The average Bonchev–Trinajstić information content (AvgIpc) is 2.94. The summed E-state index contributed by atoms with van der Waals surface area (Å²) in [6, 6.07) is 7.61. The van der Waals surface area contributed by atoms with Crippen molar-refractivity contribution in [3.05, 3.63) is 41.6 Å². The van der Waals surface area contributed by atoms with Crippen molar-refractivity contribution >= 4 is 17.5 Å². The third kappa shape index (κ3) is 4.13. The van der Waals surface area contributed by atoms with Crippen LogP contribution in [0.2, 0.25) is 0 Å². The van der Waals surface area contributed by atoms with E-state index in [0.29, 0.717) is 0 Å². The van der Waals surface area contributed by atoms with Crippen molar-refractivity contribution in [2.45, 2.75) is 19.8 Å². The van der Waals surface area contributed by atoms with Crippen molar-refractivity contribution in [3.63, 3.8) is 0 Å². The molecule has 0 aliphatic carbocycles. The van der Waals surface area contributed by atoms with E-state index in [9.17, 15) is 9.59 Å². The summed E-state index contributed by atoms with van der Waals surface area (Å²) in [5.74, 6) is -0.192. The van der Waals surface area contributed by atoms with Crippen LogP contribution in [0, 0.1) is 0 Å². The molecule has 2 amide bonds. The highest BCUT2D eigenvalue weighted by molar-refractivity contribution is 6.00. The minimum atomic E-state index is -0.410. The predicted octanol–water partition coefficient (Wildman–Crippen LogP) is 1.92. The maximum atomic E-state index is 12.1. The normalized spacial score (nSPS) is 10.5. The molecule has 0 saturated heterocycles. The zero-order valence-electron chi connectivity index (χ0n) is 14.3. The van der Waals surface area contributed by atoms with Crippen molar-refractivity contribution in [2.75, 3.05) is 19.0 Å². The van der Waals surface area contributed by atoms with Gasteiger partial charge in [0.15, 0.2) is 0 Å². The number of aromatic nitrogens is 2. The lowest BCUT2D eigenvalue weighted by Gasteiger charge is -2.13. The first-order chi connectivity index (χ1) is 11.4. The summed E-state index contributed by atoms with van der Waals surface area (Å²) in [5.41, 5.74) is 2.09. The second-order valence-corrected chi connectivity index (χ2v) is 5.70. The predicted molar refractivity (Wildman–Crippen MR) is 91.3 cm³/mol. The Hall–Kier alpha value is -2.83. The molecule has 128 valence electrons. The molecule has 0 atom stereocenters. The molecule has 1 aromatic heterocycles. The highest BCUT2D eigenvalue weighted by Gasteiger charge is 2.17. The van der Waals surface area contributed by atoms with Crippen LogP contribution in [0.15, 0.2) is 30.5 Å². The molecule has 0 bridgehead atoms. The van der Waals surface area contributed by atoms with E-state index < -0.39 is 5.91 Å². The molecule has 7 nitrogen and oxygen atoms in total. The zero-order chi connectivity index (χ0) is 17.7. The SMILES string of the molecule is COc1nn(C)cc1C(=O)NCC(=O)Nc1ccccc1C(C)C. The lowest BCUT2D eigenvalue weighted by molar-refractivity contribution is -0.115. The highest BCUT2D eigenvalue weighted by Crippen LogP contribution is 2.23. The van der Waals surface area contributed by atoms with E-state index in [4.69, 9.17) is 4.74 Å². The Morgan fingerprint density at radius 2 is 2.00 bits per heavy atom. The summed E-state index contributed by atoms with van der Waals surface area (Å²) >= 11 is 0. The summed E-state index contributed by atoms with van der Waals surface area (Å²) in [6.45, 7) is 3.98. The van der Waals surface area contributed by atoms with Gasteiger partial charge in [-0.15, -0.1) is 5.10 Å². The molecule has 0 spiro atoms. The Bertz CT molecular complexity index is 737. The molecule has 1 aromatic carbocycles. The fraction of sp³-hybridized carbons (Fsp3) is 0.353. The van der Waals surface area contributed by atoms with Crippen LogP contribution in [0.5, 0.6) is 5.88 Å². The standard InChI is InChI=1S/C17H22N4O3/c1-11(2)12-7-5-6-8-14(12)19-15(22)9-18-16(23)13-10-21(3)20-17(13)24-4/h5-8,10-11H,9H2,1-4H3,(H,18,23)(H,19,22). The van der Waals surface area contributed by atoms with Crippen molar-refractivity contribution in [3.8, 4) is 5.88 Å². The lowest BCUT2D eigenvalue weighted by Crippen LogP contribution is -2.33. The maximum absolute atomic E-state index is 12.1. The fourth-order valence-electron chi connectivity index (χ4n) is 2.34. The number of nitrogens with one attached hydrogen (secondary N) is 2. The Kier molecular flexibility index (Phi) is 5.57. The fourth-order valence-corrected chi connectivity index (χ4v) is 2.34. The molecule has 0 radical (unpaired) electrons. The molecule has 0 fully saturated rings. The first-order valence-electron chi connectivity index (χ1n) is 7.67. The van der Waals surface area contributed by atoms with Gasteiger partial charge in [0.05, 0.1) is 13.7 Å². The second-order valence-electron chi connectivity index (χ2n) is 5.70. The highest BCUT2D eigenvalue weighted by atomic mass is 16.5. The van der Waals surface area contributed by atoms with Crippen molar-refractivity contribution in [1.82, 2.24) is 15.1 Å². The van der Waals surface area contributed by atoms with Gasteiger partial charge in [0, 0.05) is 18.9 Å². The van der Waals surface area contributed by atoms with Gasteiger partial charge in [0.25, 0.3) is 5.91 Å². The molecule has 0 saturated carbocycles. The first kappa shape index (κ1) is 17.5. The monoisotopic (exact) mass is 330 g/mol. The van der Waals surface area contributed by atoms with E-state index in [1.54, 1.807) is 13.2 Å². The van der Waals surface area contributed by atoms with Gasteiger partial charge in [-0.3, -0.25) is 14.3 Å². The van der Waals surface area contributed by atoms with Gasteiger partial charge in [0.1, 0.15) is 5.56 Å². The molecule has 7 heteroatoms. The van der Waals surface area contributed by atoms with E-state index in [1.165, 1.54) is 11.8 Å². The van der Waals surface area contributed by atoms with Gasteiger partial charge >= 0.3 is 0 Å². The number of methoxy groups -OCH3 is 1. The molecule has 2 aromatic rings. The number of rotatable bonds is 6. The van der Waals surface area contributed by atoms with E-state index in [1.807, 2.05) is 24.3 Å². The van der Waals surface area contributed by atoms with Crippen molar-refractivity contribution in [2.24, 2.45) is 7.05 Å². The van der Waals surface area contributed by atoms with E-state index in [2.05, 4.69) is 29.6 Å². The molecular formula is C17H22N4O3. The number of benzene rings is 1. The third-order valence-corrected chi connectivity index (χ3v) is 3.50. The smallest absolute Gasteiger partial charge is 0.258 e. The molecule has 24 heavy (non-hydrogen) atoms. The van der Waals surface area contributed by atoms with Crippen LogP contribution < -0.4 is 15.4 Å². The summed E-state index contributed by atoms with van der Waals surface area (Å²) in [6.07, 6.45) is 1.54. The number of hydrogen-bond donors (Lipinski definition) is 2. The van der Waals surface area contributed by atoms with Crippen LogP contribution >= 0.6 is 0 Å². The van der Waals surface area contributed by atoms with Crippen LogP contribution in [0.25, 0.3) is 0 Å². The molecule has 0 aliphatic heterocycles. The Balaban J connectivity index is 1.97. The van der Waals surface area contributed by atoms with E-state index >= 15 is 0 Å². The van der Waals surface area contributed by atoms with Crippen molar-refractivity contribution in [1.29, 1.82) is 0 Å². The molecule has 1 heterocycles. The largest absolute Gasteiger partial charge is 0.479 e. The quantitative estimate of drug-likeness (QED) is 0.847. The first-order valence-corrected chi connectivity index (χ1v) is 7.67. The number of para-hydroxylation sites is 1. The number of hydrogen-bond acceptors (Lipinski definition) is 4. The van der Waals surface area contributed by atoms with Crippen LogP contribution in [-0.4, -0.2) is 35.2 Å². The van der Waals surface area contributed by atoms with Gasteiger partial charge in [-0.1, -0.05) is 32.0 Å². The molecule has 0 unspecified atom stereocenters. The topological polar surface area (TPSA) is 85.2 Å². The van der Waals surface area contributed by atoms with Crippen LogP contribution in [-0.2, 0) is 11.8 Å². The Morgan fingerprint density at radius 1 is 1.29 bits per heavy atom. The van der Waals surface area contributed by atoms with E-state index in [-0.39, 0.29) is 29.8 Å². The van der Waals surface area contributed by atoms with Gasteiger partial charge in [-0.05, 0) is 17.5 Å². The average molecular weight is 330 g/mol. The van der Waals surface area contributed by atoms with Gasteiger partial charge in [-0.25, -0.2) is 0 Å². The van der Waals surface area contributed by atoms with Crippen molar-refractivity contribution < 1.29 is 14.3 Å². The summed E-state index contributed by atoms with van der Waals surface area (Å²) in [4.78, 5) is 24.3. The lowest BCUT2D eigenvalue weighted by atomic mass is 10.0. The number of carbonyl (C=O) groups excluding carboxylic acids is 2. The summed E-state index contributed by atoms with van der Waals surface area (Å²) in [5, 5.41) is 9.41. The van der Waals surface area contributed by atoms with Gasteiger partial charge < -0.3 is 15.4 Å². The zero-order valence-corrected chi connectivity index (χ0v) is 14.3. The minimum absolute atomic E-state index is 0.136. The van der Waals surface area contributed by atoms with Crippen LogP contribution in [0.3, 0.4) is 0 Å². The van der Waals surface area contributed by atoms with Crippen LogP contribution in [0.4, 0.5) is 5.69 Å². The molecule has 2 N–H and O–H groups in total. The maximum Gasteiger partial charge on any atom is 0.258 e. The molecule has 2 rings (SSSR count). The number of anilines is 1. The second kappa shape index (κ2) is 7.63. The summed E-state index contributed by atoms with van der Waals surface area (Å²) < 4.78 is 6.52.